The Bertz CT molecular complexity index is 356. The maximum Gasteiger partial charge on any atom is 0.123 e. The number of hydrogen-bond acceptors (Lipinski definition) is 6. The van der Waals surface area contributed by atoms with E-state index in [4.69, 9.17) is 15.6 Å². The highest BCUT2D eigenvalue weighted by Crippen LogP contribution is 2.33. The van der Waals surface area contributed by atoms with Gasteiger partial charge in [0.2, 0.25) is 0 Å². The molecule has 6 heteroatoms. The first kappa shape index (κ1) is 11.3. The second-order valence-electron chi connectivity index (χ2n) is 3.78. The molecule has 1 aromatic rings. The van der Waals surface area contributed by atoms with Crippen LogP contribution in [0.4, 0.5) is 5.82 Å². The lowest BCUT2D eigenvalue weighted by molar-refractivity contribution is -0.0228. The van der Waals surface area contributed by atoms with Gasteiger partial charge in [0.1, 0.15) is 30.2 Å². The van der Waals surface area contributed by atoms with E-state index < -0.39 is 24.4 Å². The van der Waals surface area contributed by atoms with E-state index in [1.54, 1.807) is 12.1 Å². The molecule has 6 nitrogen and oxygen atoms in total. The lowest BCUT2D eigenvalue weighted by Crippen LogP contribution is -2.32. The van der Waals surface area contributed by atoms with Crippen molar-refractivity contribution in [2.45, 2.75) is 24.4 Å². The second-order valence-corrected chi connectivity index (χ2v) is 3.78. The van der Waals surface area contributed by atoms with Crippen molar-refractivity contribution in [1.29, 1.82) is 0 Å². The summed E-state index contributed by atoms with van der Waals surface area (Å²) in [6.45, 7) is -0.336. The van der Waals surface area contributed by atoms with Crippen molar-refractivity contribution in [3.8, 4) is 0 Å². The van der Waals surface area contributed by atoms with Crippen LogP contribution in [0.3, 0.4) is 0 Å². The molecule has 0 amide bonds. The van der Waals surface area contributed by atoms with Crippen LogP contribution in [0, 0.1) is 0 Å². The number of nitrogen functional groups attached to an aromatic ring is 1. The number of aliphatic hydroxyl groups excluding tert-OH is 3. The Hall–Kier alpha value is -1.21. The molecule has 4 atom stereocenters. The first-order valence-electron chi connectivity index (χ1n) is 4.97. The highest BCUT2D eigenvalue weighted by molar-refractivity contribution is 5.31. The lowest BCUT2D eigenvalue weighted by atomic mass is 10.0. The number of anilines is 1. The number of pyridine rings is 1. The molecule has 0 unspecified atom stereocenters. The molecule has 0 bridgehead atoms. The summed E-state index contributed by atoms with van der Waals surface area (Å²) in [5.41, 5.74) is 6.06. The van der Waals surface area contributed by atoms with Gasteiger partial charge < -0.3 is 25.8 Å². The van der Waals surface area contributed by atoms with Crippen LogP contribution in [0.1, 0.15) is 11.7 Å². The zero-order valence-corrected chi connectivity index (χ0v) is 8.52. The van der Waals surface area contributed by atoms with E-state index in [9.17, 15) is 10.2 Å². The summed E-state index contributed by atoms with van der Waals surface area (Å²) in [4.78, 5) is 3.88. The zero-order valence-electron chi connectivity index (χ0n) is 8.52. The molecule has 1 saturated heterocycles. The van der Waals surface area contributed by atoms with E-state index >= 15 is 0 Å². The van der Waals surface area contributed by atoms with E-state index in [1.807, 2.05) is 0 Å². The molecule has 16 heavy (non-hydrogen) atoms. The molecule has 0 aliphatic carbocycles. The van der Waals surface area contributed by atoms with Crippen molar-refractivity contribution in [1.82, 2.24) is 4.98 Å². The molecule has 5 N–H and O–H groups in total. The number of nitrogens with zero attached hydrogens (tertiary/aromatic N) is 1. The number of nitrogens with two attached hydrogens (primary N) is 1. The minimum Gasteiger partial charge on any atom is -0.394 e. The maximum atomic E-state index is 9.74. The number of aliphatic hydroxyl groups is 3. The lowest BCUT2D eigenvalue weighted by Gasteiger charge is -2.14. The number of hydrogen-bond donors (Lipinski definition) is 4. The average Bonchev–Trinajstić information content (AvgIpc) is 2.57. The Kier molecular flexibility index (Phi) is 3.06. The van der Waals surface area contributed by atoms with Gasteiger partial charge in [-0.1, -0.05) is 6.07 Å². The molecule has 2 rings (SSSR count). The van der Waals surface area contributed by atoms with Crippen LogP contribution < -0.4 is 5.73 Å². The van der Waals surface area contributed by atoms with E-state index in [0.717, 1.165) is 0 Å². The summed E-state index contributed by atoms with van der Waals surface area (Å²) >= 11 is 0. The SMILES string of the molecule is Nc1ccc([C@H]2O[C@H](CO)[C@@H](O)[C@H]2O)cn1. The van der Waals surface area contributed by atoms with Crippen LogP contribution in [0.25, 0.3) is 0 Å². The molecular formula is C10H14N2O4. The van der Waals surface area contributed by atoms with E-state index in [2.05, 4.69) is 4.98 Å². The number of ether oxygens (including phenoxy) is 1. The Morgan fingerprint density at radius 3 is 2.56 bits per heavy atom. The molecule has 1 aromatic heterocycles. The summed E-state index contributed by atoms with van der Waals surface area (Å²) < 4.78 is 5.33. The number of rotatable bonds is 2. The highest BCUT2D eigenvalue weighted by Gasteiger charge is 2.42. The minimum atomic E-state index is -1.09. The first-order chi connectivity index (χ1) is 7.63. The Morgan fingerprint density at radius 1 is 1.31 bits per heavy atom. The van der Waals surface area contributed by atoms with Crippen LogP contribution >= 0.6 is 0 Å². The van der Waals surface area contributed by atoms with Crippen LogP contribution in [0.2, 0.25) is 0 Å². The molecule has 0 saturated carbocycles. The van der Waals surface area contributed by atoms with Gasteiger partial charge in [-0.25, -0.2) is 4.98 Å². The molecule has 0 spiro atoms. The second kappa shape index (κ2) is 4.34. The molecular weight excluding hydrogens is 212 g/mol. The van der Waals surface area contributed by atoms with Gasteiger partial charge in [0.05, 0.1) is 6.61 Å². The summed E-state index contributed by atoms with van der Waals surface area (Å²) in [6.07, 6.45) is -2.12. The van der Waals surface area contributed by atoms with Crippen molar-refractivity contribution in [2.24, 2.45) is 0 Å². The van der Waals surface area contributed by atoms with Gasteiger partial charge in [0.25, 0.3) is 0 Å². The predicted octanol–water partition coefficient (Wildman–Crippen LogP) is -1.18. The van der Waals surface area contributed by atoms with Gasteiger partial charge in [0.15, 0.2) is 0 Å². The first-order valence-corrected chi connectivity index (χ1v) is 4.97. The van der Waals surface area contributed by atoms with Crippen LogP contribution in [0.5, 0.6) is 0 Å². The molecule has 0 radical (unpaired) electrons. The molecule has 1 fully saturated rings. The van der Waals surface area contributed by atoms with Gasteiger partial charge in [-0.3, -0.25) is 0 Å². The summed E-state index contributed by atoms with van der Waals surface area (Å²) in [5, 5.41) is 28.2. The fraction of sp³-hybridized carbons (Fsp3) is 0.500. The van der Waals surface area contributed by atoms with Gasteiger partial charge >= 0.3 is 0 Å². The largest absolute Gasteiger partial charge is 0.394 e. The van der Waals surface area contributed by atoms with Crippen molar-refractivity contribution in [3.05, 3.63) is 23.9 Å². The summed E-state index contributed by atoms with van der Waals surface area (Å²) in [6, 6.07) is 3.26. The maximum absolute atomic E-state index is 9.74. The third kappa shape index (κ3) is 1.88. The summed E-state index contributed by atoms with van der Waals surface area (Å²) in [7, 11) is 0. The average molecular weight is 226 g/mol. The molecule has 88 valence electrons. The van der Waals surface area contributed by atoms with Crippen molar-refractivity contribution in [3.63, 3.8) is 0 Å². The van der Waals surface area contributed by atoms with E-state index in [1.165, 1.54) is 6.20 Å². The normalized spacial score (nSPS) is 34.2. The summed E-state index contributed by atoms with van der Waals surface area (Å²) in [5.74, 6) is 0.371. The standard InChI is InChI=1S/C10H14N2O4/c11-7-2-1-5(3-12-7)10-9(15)8(14)6(4-13)16-10/h1-3,6,8-10,13-15H,4H2,(H2,11,12)/t6-,8-,9-,10-/m1/s1. The van der Waals surface area contributed by atoms with Crippen molar-refractivity contribution in [2.75, 3.05) is 12.3 Å². The van der Waals surface area contributed by atoms with Gasteiger partial charge in [-0.2, -0.15) is 0 Å². The van der Waals surface area contributed by atoms with Crippen LogP contribution in [0.15, 0.2) is 18.3 Å². The third-order valence-corrected chi connectivity index (χ3v) is 2.68. The molecule has 0 aromatic carbocycles. The molecule has 2 heterocycles. The Balaban J connectivity index is 2.19. The molecule has 1 aliphatic heterocycles. The Morgan fingerprint density at radius 2 is 2.06 bits per heavy atom. The monoisotopic (exact) mass is 226 g/mol. The quantitative estimate of drug-likeness (QED) is 0.505. The fourth-order valence-electron chi connectivity index (χ4n) is 1.76. The zero-order chi connectivity index (χ0) is 11.7. The number of aromatic nitrogens is 1. The van der Waals surface area contributed by atoms with Crippen LogP contribution in [-0.4, -0.2) is 45.2 Å². The minimum absolute atomic E-state index is 0.336. The van der Waals surface area contributed by atoms with E-state index in [-0.39, 0.29) is 6.61 Å². The fourth-order valence-corrected chi connectivity index (χ4v) is 1.76. The smallest absolute Gasteiger partial charge is 0.123 e. The Labute approximate surface area is 92.3 Å². The predicted molar refractivity (Wildman–Crippen MR) is 55.4 cm³/mol. The molecule has 1 aliphatic rings. The van der Waals surface area contributed by atoms with Gasteiger partial charge in [0, 0.05) is 11.8 Å². The van der Waals surface area contributed by atoms with Gasteiger partial charge in [-0.15, -0.1) is 0 Å². The van der Waals surface area contributed by atoms with Gasteiger partial charge in [-0.05, 0) is 6.07 Å². The van der Waals surface area contributed by atoms with Crippen molar-refractivity contribution >= 4 is 5.82 Å². The van der Waals surface area contributed by atoms with E-state index in [0.29, 0.717) is 11.4 Å². The van der Waals surface area contributed by atoms with Crippen molar-refractivity contribution < 1.29 is 20.1 Å². The third-order valence-electron chi connectivity index (χ3n) is 2.68. The topological polar surface area (TPSA) is 109 Å². The van der Waals surface area contributed by atoms with Crippen LogP contribution in [-0.2, 0) is 4.74 Å². The highest BCUT2D eigenvalue weighted by atomic mass is 16.6.